The maximum Gasteiger partial charge on any atom is 0.332 e. The van der Waals surface area contributed by atoms with Gasteiger partial charge < -0.3 is 14.4 Å². The minimum atomic E-state index is -0.561. The van der Waals surface area contributed by atoms with E-state index in [1.807, 2.05) is 11.0 Å². The van der Waals surface area contributed by atoms with Gasteiger partial charge in [0, 0.05) is 40.0 Å². The molecule has 2 aliphatic heterocycles. The standard InChI is InChI=1S/C14H18N4O4/c1-16-11(10(9-15)12(19)17(2)13(16)20)18-5-3-14(4-6-18)21-7-8-22-14/h3-8H2,1-2H3. The zero-order chi connectivity index (χ0) is 15.9. The van der Waals surface area contributed by atoms with E-state index in [0.29, 0.717) is 45.0 Å². The van der Waals surface area contributed by atoms with Crippen LogP contribution < -0.4 is 16.1 Å². The first-order valence-electron chi connectivity index (χ1n) is 7.22. The predicted molar refractivity (Wildman–Crippen MR) is 77.7 cm³/mol. The molecular formula is C14H18N4O4. The Morgan fingerprint density at radius 2 is 1.68 bits per heavy atom. The van der Waals surface area contributed by atoms with Gasteiger partial charge in [-0.3, -0.25) is 13.9 Å². The molecule has 0 N–H and O–H groups in total. The second-order valence-electron chi connectivity index (χ2n) is 5.61. The average Bonchev–Trinajstić information content (AvgIpc) is 2.98. The lowest BCUT2D eigenvalue weighted by Gasteiger charge is -2.39. The van der Waals surface area contributed by atoms with Crippen molar-refractivity contribution in [3.8, 4) is 6.07 Å². The Labute approximate surface area is 127 Å². The van der Waals surface area contributed by atoms with E-state index in [0.717, 1.165) is 4.57 Å². The van der Waals surface area contributed by atoms with Gasteiger partial charge in [0.25, 0.3) is 5.56 Å². The minimum Gasteiger partial charge on any atom is -0.356 e. The molecule has 0 radical (unpaired) electrons. The first-order valence-corrected chi connectivity index (χ1v) is 7.22. The third-order valence-electron chi connectivity index (χ3n) is 4.38. The van der Waals surface area contributed by atoms with Crippen molar-refractivity contribution in [3.05, 3.63) is 26.4 Å². The van der Waals surface area contributed by atoms with Crippen LogP contribution in [0.3, 0.4) is 0 Å². The molecule has 1 spiro atoms. The predicted octanol–water partition coefficient (Wildman–Crippen LogP) is -0.701. The number of nitrogens with zero attached hydrogens (tertiary/aromatic N) is 4. The molecule has 0 amide bonds. The Kier molecular flexibility index (Phi) is 3.54. The Balaban J connectivity index is 1.98. The van der Waals surface area contributed by atoms with Crippen LogP contribution in [0.2, 0.25) is 0 Å². The van der Waals surface area contributed by atoms with Gasteiger partial charge in [0.2, 0.25) is 0 Å². The van der Waals surface area contributed by atoms with Gasteiger partial charge in [-0.25, -0.2) is 4.79 Å². The second-order valence-corrected chi connectivity index (χ2v) is 5.61. The molecule has 22 heavy (non-hydrogen) atoms. The molecule has 2 fully saturated rings. The van der Waals surface area contributed by atoms with Gasteiger partial charge in [-0.15, -0.1) is 0 Å². The van der Waals surface area contributed by atoms with Crippen LogP contribution in [0.15, 0.2) is 9.59 Å². The fraction of sp³-hybridized carbons (Fsp3) is 0.643. The van der Waals surface area contributed by atoms with Gasteiger partial charge in [-0.2, -0.15) is 5.26 Å². The molecule has 2 aliphatic rings. The molecule has 0 atom stereocenters. The topological polar surface area (TPSA) is 89.5 Å². The van der Waals surface area contributed by atoms with E-state index in [2.05, 4.69) is 0 Å². The lowest BCUT2D eigenvalue weighted by atomic mass is 10.0. The van der Waals surface area contributed by atoms with Crippen LogP contribution in [-0.4, -0.2) is 41.2 Å². The number of hydrogen-bond acceptors (Lipinski definition) is 6. The normalized spacial score (nSPS) is 20.3. The number of anilines is 1. The van der Waals surface area contributed by atoms with Crippen LogP contribution >= 0.6 is 0 Å². The molecule has 3 heterocycles. The fourth-order valence-electron chi connectivity index (χ4n) is 3.15. The number of rotatable bonds is 1. The Hall–Kier alpha value is -2.11. The van der Waals surface area contributed by atoms with Crippen LogP contribution in [0.25, 0.3) is 0 Å². The summed E-state index contributed by atoms with van der Waals surface area (Å²) in [5, 5.41) is 9.32. The van der Waals surface area contributed by atoms with Crippen molar-refractivity contribution < 1.29 is 9.47 Å². The quantitative estimate of drug-likeness (QED) is 0.681. The zero-order valence-corrected chi connectivity index (χ0v) is 12.7. The summed E-state index contributed by atoms with van der Waals surface area (Å²) < 4.78 is 13.7. The monoisotopic (exact) mass is 306 g/mol. The average molecular weight is 306 g/mol. The lowest BCUT2D eigenvalue weighted by molar-refractivity contribution is -0.169. The molecule has 118 valence electrons. The summed E-state index contributed by atoms with van der Waals surface area (Å²) in [5.41, 5.74) is -1.00. The molecule has 0 saturated carbocycles. The van der Waals surface area contributed by atoms with E-state index in [4.69, 9.17) is 9.47 Å². The highest BCUT2D eigenvalue weighted by Crippen LogP contribution is 2.33. The summed E-state index contributed by atoms with van der Waals surface area (Å²) in [6.07, 6.45) is 1.28. The highest BCUT2D eigenvalue weighted by molar-refractivity contribution is 5.53. The van der Waals surface area contributed by atoms with Crippen molar-refractivity contribution in [2.75, 3.05) is 31.2 Å². The molecule has 0 bridgehead atoms. The molecule has 0 aromatic carbocycles. The SMILES string of the molecule is Cn1c(N2CCC3(CC2)OCCO3)c(C#N)c(=O)n(C)c1=O. The Bertz CT molecular complexity index is 742. The summed E-state index contributed by atoms with van der Waals surface area (Å²) in [5.74, 6) is -0.162. The maximum absolute atomic E-state index is 12.1. The van der Waals surface area contributed by atoms with Gasteiger partial charge in [0.1, 0.15) is 11.9 Å². The van der Waals surface area contributed by atoms with Crippen molar-refractivity contribution >= 4 is 5.82 Å². The third-order valence-corrected chi connectivity index (χ3v) is 4.38. The van der Waals surface area contributed by atoms with Gasteiger partial charge in [0.15, 0.2) is 11.4 Å². The lowest BCUT2D eigenvalue weighted by Crippen LogP contribution is -2.49. The third kappa shape index (κ3) is 2.14. The second kappa shape index (κ2) is 5.26. The van der Waals surface area contributed by atoms with Crippen molar-refractivity contribution in [2.24, 2.45) is 14.1 Å². The zero-order valence-electron chi connectivity index (χ0n) is 12.7. The molecule has 8 nitrogen and oxygen atoms in total. The van der Waals surface area contributed by atoms with E-state index < -0.39 is 17.0 Å². The smallest absolute Gasteiger partial charge is 0.332 e. The summed E-state index contributed by atoms with van der Waals surface area (Å²) in [4.78, 5) is 26.1. The summed E-state index contributed by atoms with van der Waals surface area (Å²) in [7, 11) is 2.95. The number of aromatic nitrogens is 2. The maximum atomic E-state index is 12.1. The van der Waals surface area contributed by atoms with E-state index in [9.17, 15) is 14.9 Å². The molecular weight excluding hydrogens is 288 g/mol. The first kappa shape index (κ1) is 14.8. The van der Waals surface area contributed by atoms with E-state index in [1.165, 1.54) is 11.6 Å². The van der Waals surface area contributed by atoms with Gasteiger partial charge >= 0.3 is 5.69 Å². The van der Waals surface area contributed by atoms with E-state index in [1.54, 1.807) is 7.05 Å². The Morgan fingerprint density at radius 3 is 2.23 bits per heavy atom. The summed E-state index contributed by atoms with van der Waals surface area (Å²) >= 11 is 0. The van der Waals surface area contributed by atoms with Crippen LogP contribution in [-0.2, 0) is 23.6 Å². The van der Waals surface area contributed by atoms with E-state index in [-0.39, 0.29) is 5.56 Å². The summed E-state index contributed by atoms with van der Waals surface area (Å²) in [6.45, 7) is 2.31. The van der Waals surface area contributed by atoms with Crippen molar-refractivity contribution in [2.45, 2.75) is 18.6 Å². The van der Waals surface area contributed by atoms with Crippen molar-refractivity contribution in [3.63, 3.8) is 0 Å². The number of ether oxygens (including phenoxy) is 2. The molecule has 0 unspecified atom stereocenters. The first-order chi connectivity index (χ1) is 10.5. The van der Waals surface area contributed by atoms with Crippen LogP contribution in [0.1, 0.15) is 18.4 Å². The largest absolute Gasteiger partial charge is 0.356 e. The number of hydrogen-bond donors (Lipinski definition) is 0. The minimum absolute atomic E-state index is 0.00573. The van der Waals surface area contributed by atoms with Crippen LogP contribution in [0, 0.1) is 11.3 Å². The van der Waals surface area contributed by atoms with Crippen molar-refractivity contribution in [1.29, 1.82) is 5.26 Å². The molecule has 8 heteroatoms. The number of nitriles is 1. The number of piperidine rings is 1. The highest BCUT2D eigenvalue weighted by atomic mass is 16.7. The van der Waals surface area contributed by atoms with Crippen LogP contribution in [0.4, 0.5) is 5.82 Å². The van der Waals surface area contributed by atoms with Gasteiger partial charge in [0.05, 0.1) is 13.2 Å². The fourth-order valence-corrected chi connectivity index (χ4v) is 3.15. The van der Waals surface area contributed by atoms with Gasteiger partial charge in [-0.05, 0) is 0 Å². The molecule has 1 aromatic heterocycles. The Morgan fingerprint density at radius 1 is 1.09 bits per heavy atom. The van der Waals surface area contributed by atoms with Gasteiger partial charge in [-0.1, -0.05) is 0 Å². The molecule has 0 aliphatic carbocycles. The molecule has 1 aromatic rings. The molecule has 3 rings (SSSR count). The van der Waals surface area contributed by atoms with Crippen LogP contribution in [0.5, 0.6) is 0 Å². The van der Waals surface area contributed by atoms with Crippen molar-refractivity contribution in [1.82, 2.24) is 9.13 Å². The molecule has 2 saturated heterocycles. The summed E-state index contributed by atoms with van der Waals surface area (Å²) in [6, 6.07) is 1.93. The highest BCUT2D eigenvalue weighted by Gasteiger charge is 2.40. The van der Waals surface area contributed by atoms with E-state index >= 15 is 0 Å².